The molecular weight excluding hydrogens is 337 g/mol. The minimum atomic E-state index is -0.358. The van der Waals surface area contributed by atoms with Crippen molar-refractivity contribution in [3.05, 3.63) is 42.2 Å². The standard InChI is InChI=1S/C18H18FN5O2/c1-11-9-15(23-26-11)22-18(25)12-5-7-24(8-6-12)17-13-3-2-4-14(19)16(13)20-10-21-17/h2-4,9-10,12H,5-8H2,1H3,(H,22,23,25). The third-order valence-electron chi connectivity index (χ3n) is 4.64. The molecule has 26 heavy (non-hydrogen) atoms. The quantitative estimate of drug-likeness (QED) is 0.778. The van der Waals surface area contributed by atoms with Crippen molar-refractivity contribution < 1.29 is 13.7 Å². The van der Waals surface area contributed by atoms with Gasteiger partial charge in [-0.25, -0.2) is 14.4 Å². The summed E-state index contributed by atoms with van der Waals surface area (Å²) in [7, 11) is 0. The van der Waals surface area contributed by atoms with E-state index in [2.05, 4.69) is 25.3 Å². The van der Waals surface area contributed by atoms with Gasteiger partial charge in [0.25, 0.3) is 0 Å². The van der Waals surface area contributed by atoms with Gasteiger partial charge in [-0.05, 0) is 31.9 Å². The Morgan fingerprint density at radius 3 is 2.85 bits per heavy atom. The van der Waals surface area contributed by atoms with Crippen LogP contribution in [0.4, 0.5) is 16.0 Å². The van der Waals surface area contributed by atoms with Crippen LogP contribution in [0.2, 0.25) is 0 Å². The van der Waals surface area contributed by atoms with Gasteiger partial charge in [0.15, 0.2) is 5.82 Å². The fourth-order valence-electron chi connectivity index (χ4n) is 3.30. The summed E-state index contributed by atoms with van der Waals surface area (Å²) in [5.41, 5.74) is 0.318. The zero-order chi connectivity index (χ0) is 18.1. The molecule has 7 nitrogen and oxygen atoms in total. The minimum Gasteiger partial charge on any atom is -0.360 e. The van der Waals surface area contributed by atoms with Crippen LogP contribution in [0.5, 0.6) is 0 Å². The van der Waals surface area contributed by atoms with Crippen molar-refractivity contribution in [2.24, 2.45) is 5.92 Å². The molecule has 3 heterocycles. The lowest BCUT2D eigenvalue weighted by molar-refractivity contribution is -0.120. The molecule has 1 amide bonds. The molecule has 0 unspecified atom stereocenters. The number of carbonyl (C=O) groups excluding carboxylic acids is 1. The van der Waals surface area contributed by atoms with Gasteiger partial charge in [-0.3, -0.25) is 4.79 Å². The lowest BCUT2D eigenvalue weighted by Gasteiger charge is -2.32. The molecule has 1 aliphatic rings. The Balaban J connectivity index is 1.45. The van der Waals surface area contributed by atoms with E-state index < -0.39 is 0 Å². The number of aryl methyl sites for hydroxylation is 1. The summed E-state index contributed by atoms with van der Waals surface area (Å²) in [5, 5.41) is 7.26. The van der Waals surface area contributed by atoms with Gasteiger partial charge in [-0.1, -0.05) is 11.2 Å². The number of rotatable bonds is 3. The molecule has 0 saturated carbocycles. The zero-order valence-corrected chi connectivity index (χ0v) is 14.3. The second-order valence-corrected chi connectivity index (χ2v) is 6.41. The van der Waals surface area contributed by atoms with E-state index in [-0.39, 0.29) is 17.6 Å². The molecule has 0 spiro atoms. The van der Waals surface area contributed by atoms with Gasteiger partial charge in [-0.15, -0.1) is 0 Å². The molecular formula is C18H18FN5O2. The van der Waals surface area contributed by atoms with Crippen LogP contribution in [-0.2, 0) is 4.79 Å². The lowest BCUT2D eigenvalue weighted by Crippen LogP contribution is -2.38. The summed E-state index contributed by atoms with van der Waals surface area (Å²) >= 11 is 0. The normalized spacial score (nSPS) is 15.4. The number of anilines is 2. The number of aromatic nitrogens is 3. The van der Waals surface area contributed by atoms with Crippen LogP contribution in [0.15, 0.2) is 35.1 Å². The molecule has 1 aromatic carbocycles. The summed E-state index contributed by atoms with van der Waals surface area (Å²) in [6, 6.07) is 6.56. The Hall–Kier alpha value is -3.03. The fourth-order valence-corrected chi connectivity index (χ4v) is 3.30. The first-order valence-electron chi connectivity index (χ1n) is 8.50. The molecule has 0 atom stereocenters. The van der Waals surface area contributed by atoms with Crippen LogP contribution in [0, 0.1) is 18.7 Å². The monoisotopic (exact) mass is 355 g/mol. The molecule has 1 N–H and O–H groups in total. The van der Waals surface area contributed by atoms with Gasteiger partial charge in [0, 0.05) is 30.5 Å². The highest BCUT2D eigenvalue weighted by atomic mass is 19.1. The number of nitrogens with zero attached hydrogens (tertiary/aromatic N) is 4. The average Bonchev–Trinajstić information content (AvgIpc) is 3.06. The number of amides is 1. The number of hydrogen-bond acceptors (Lipinski definition) is 6. The highest BCUT2D eigenvalue weighted by Gasteiger charge is 2.27. The van der Waals surface area contributed by atoms with Crippen molar-refractivity contribution in [3.63, 3.8) is 0 Å². The third-order valence-corrected chi connectivity index (χ3v) is 4.64. The van der Waals surface area contributed by atoms with Gasteiger partial charge in [0.2, 0.25) is 5.91 Å². The predicted molar refractivity (Wildman–Crippen MR) is 94.3 cm³/mol. The van der Waals surface area contributed by atoms with E-state index >= 15 is 0 Å². The summed E-state index contributed by atoms with van der Waals surface area (Å²) < 4.78 is 18.9. The molecule has 1 saturated heterocycles. The number of hydrogen-bond donors (Lipinski definition) is 1. The first-order chi connectivity index (χ1) is 12.6. The van der Waals surface area contributed by atoms with E-state index in [1.807, 2.05) is 6.07 Å². The smallest absolute Gasteiger partial charge is 0.228 e. The summed E-state index contributed by atoms with van der Waals surface area (Å²) in [4.78, 5) is 22.8. The molecule has 3 aromatic rings. The first kappa shape index (κ1) is 16.4. The van der Waals surface area contributed by atoms with Crippen molar-refractivity contribution >= 4 is 28.4 Å². The molecule has 0 aliphatic carbocycles. The Morgan fingerprint density at radius 1 is 1.31 bits per heavy atom. The molecule has 1 aliphatic heterocycles. The highest BCUT2D eigenvalue weighted by molar-refractivity contribution is 5.92. The van der Waals surface area contributed by atoms with Crippen molar-refractivity contribution in [2.75, 3.05) is 23.3 Å². The second kappa shape index (κ2) is 6.70. The Bertz CT molecular complexity index is 950. The lowest BCUT2D eigenvalue weighted by atomic mass is 9.95. The average molecular weight is 355 g/mol. The Morgan fingerprint density at radius 2 is 2.12 bits per heavy atom. The number of piperidine rings is 1. The molecule has 2 aromatic heterocycles. The molecule has 1 fully saturated rings. The topological polar surface area (TPSA) is 84.2 Å². The summed E-state index contributed by atoms with van der Waals surface area (Å²) in [6.07, 6.45) is 2.75. The molecule has 0 radical (unpaired) electrons. The maximum atomic E-state index is 13.9. The van der Waals surface area contributed by atoms with Gasteiger partial charge in [0.05, 0.1) is 0 Å². The second-order valence-electron chi connectivity index (χ2n) is 6.41. The van der Waals surface area contributed by atoms with E-state index in [9.17, 15) is 9.18 Å². The Labute approximate surface area is 149 Å². The number of carbonyl (C=O) groups is 1. The maximum Gasteiger partial charge on any atom is 0.228 e. The highest BCUT2D eigenvalue weighted by Crippen LogP contribution is 2.28. The SMILES string of the molecule is Cc1cc(NC(=O)C2CCN(c3ncnc4c(F)cccc34)CC2)no1. The van der Waals surface area contributed by atoms with Gasteiger partial charge >= 0.3 is 0 Å². The summed E-state index contributed by atoms with van der Waals surface area (Å²) in [6.45, 7) is 3.10. The third kappa shape index (κ3) is 3.10. The zero-order valence-electron chi connectivity index (χ0n) is 14.3. The number of nitrogens with one attached hydrogen (secondary N) is 1. The molecule has 0 bridgehead atoms. The van der Waals surface area contributed by atoms with Crippen molar-refractivity contribution in [3.8, 4) is 0 Å². The van der Waals surface area contributed by atoms with E-state index in [4.69, 9.17) is 4.52 Å². The Kier molecular flexibility index (Phi) is 4.24. The van der Waals surface area contributed by atoms with Gasteiger partial charge in [-0.2, -0.15) is 0 Å². The van der Waals surface area contributed by atoms with Crippen LogP contribution in [0.25, 0.3) is 10.9 Å². The molecule has 4 rings (SSSR count). The largest absolute Gasteiger partial charge is 0.360 e. The van der Waals surface area contributed by atoms with Crippen molar-refractivity contribution in [1.29, 1.82) is 0 Å². The maximum absolute atomic E-state index is 13.9. The number of fused-ring (bicyclic) bond motifs is 1. The van der Waals surface area contributed by atoms with Crippen molar-refractivity contribution in [2.45, 2.75) is 19.8 Å². The molecule has 8 heteroatoms. The van der Waals surface area contributed by atoms with E-state index in [0.717, 1.165) is 0 Å². The number of para-hydroxylation sites is 1. The predicted octanol–water partition coefficient (Wildman–Crippen LogP) is 2.92. The van der Waals surface area contributed by atoms with E-state index in [1.54, 1.807) is 19.1 Å². The molecule has 134 valence electrons. The number of halogens is 1. The van der Waals surface area contributed by atoms with Crippen LogP contribution < -0.4 is 10.2 Å². The van der Waals surface area contributed by atoms with Crippen LogP contribution in [0.3, 0.4) is 0 Å². The van der Waals surface area contributed by atoms with E-state index in [0.29, 0.717) is 54.2 Å². The van der Waals surface area contributed by atoms with E-state index in [1.165, 1.54) is 12.4 Å². The number of benzene rings is 1. The van der Waals surface area contributed by atoms with Crippen LogP contribution in [-0.4, -0.2) is 34.1 Å². The van der Waals surface area contributed by atoms with Crippen LogP contribution in [0.1, 0.15) is 18.6 Å². The van der Waals surface area contributed by atoms with Crippen molar-refractivity contribution in [1.82, 2.24) is 15.1 Å². The fraction of sp³-hybridized carbons (Fsp3) is 0.333. The van der Waals surface area contributed by atoms with Crippen LogP contribution >= 0.6 is 0 Å². The van der Waals surface area contributed by atoms with Gasteiger partial charge < -0.3 is 14.7 Å². The summed E-state index contributed by atoms with van der Waals surface area (Å²) in [5.74, 6) is 1.28. The first-order valence-corrected chi connectivity index (χ1v) is 8.50. The minimum absolute atomic E-state index is 0.0588. The van der Waals surface area contributed by atoms with Gasteiger partial charge in [0.1, 0.15) is 29.2 Å².